The molecule has 0 aromatic heterocycles. The van der Waals surface area contributed by atoms with E-state index in [0.29, 0.717) is 0 Å². The number of carboxylic acids is 2. The SMILES string of the molecule is O=C(O)C(=O)O.O[C@H]1CNC[C@@H]1c1ccccc1.O[C@H]1CNC[C@@H]1c1ccccc1. The first-order chi connectivity index (χ1) is 14.4. The number of β-amino-alcohol motifs (C(OH)–C–C–N with tert-alkyl or cyclic N) is 2. The lowest BCUT2D eigenvalue weighted by molar-refractivity contribution is -0.159. The summed E-state index contributed by atoms with van der Waals surface area (Å²) in [5.74, 6) is -3.08. The Morgan fingerprint density at radius 3 is 1.20 bits per heavy atom. The van der Waals surface area contributed by atoms with Crippen LogP contribution in [0.2, 0.25) is 0 Å². The van der Waals surface area contributed by atoms with E-state index in [0.717, 1.165) is 26.2 Å². The summed E-state index contributed by atoms with van der Waals surface area (Å²) < 4.78 is 0. The Labute approximate surface area is 175 Å². The first-order valence-electron chi connectivity index (χ1n) is 9.73. The smallest absolute Gasteiger partial charge is 0.414 e. The van der Waals surface area contributed by atoms with Crippen molar-refractivity contribution >= 4 is 11.9 Å². The van der Waals surface area contributed by atoms with Crippen LogP contribution in [0.15, 0.2) is 60.7 Å². The largest absolute Gasteiger partial charge is 0.473 e. The monoisotopic (exact) mass is 416 g/mol. The molecule has 2 saturated heterocycles. The van der Waals surface area contributed by atoms with Crippen LogP contribution in [0.1, 0.15) is 23.0 Å². The van der Waals surface area contributed by atoms with Gasteiger partial charge in [-0.1, -0.05) is 60.7 Å². The van der Waals surface area contributed by atoms with Gasteiger partial charge in [-0.2, -0.15) is 0 Å². The Balaban J connectivity index is 0.000000171. The normalized spacial score (nSPS) is 24.7. The molecule has 0 aliphatic carbocycles. The Morgan fingerprint density at radius 2 is 0.967 bits per heavy atom. The lowest BCUT2D eigenvalue weighted by atomic mass is 9.96. The fourth-order valence-corrected chi connectivity index (χ4v) is 3.41. The van der Waals surface area contributed by atoms with Gasteiger partial charge in [0.2, 0.25) is 0 Å². The minimum Gasteiger partial charge on any atom is -0.473 e. The van der Waals surface area contributed by atoms with Gasteiger partial charge < -0.3 is 31.1 Å². The first kappa shape index (κ1) is 23.5. The van der Waals surface area contributed by atoms with Crippen molar-refractivity contribution in [3.63, 3.8) is 0 Å². The molecule has 2 aromatic rings. The number of nitrogens with one attached hydrogen (secondary N) is 2. The number of aliphatic carboxylic acids is 2. The molecule has 162 valence electrons. The van der Waals surface area contributed by atoms with Crippen LogP contribution in [0.4, 0.5) is 0 Å². The molecule has 0 saturated carbocycles. The van der Waals surface area contributed by atoms with E-state index in [1.165, 1.54) is 11.1 Å². The zero-order valence-corrected chi connectivity index (χ0v) is 16.5. The second-order valence-corrected chi connectivity index (χ2v) is 7.10. The zero-order valence-electron chi connectivity index (χ0n) is 16.5. The predicted molar refractivity (Wildman–Crippen MR) is 111 cm³/mol. The van der Waals surface area contributed by atoms with E-state index >= 15 is 0 Å². The van der Waals surface area contributed by atoms with Crippen LogP contribution in [-0.2, 0) is 9.59 Å². The number of aliphatic hydroxyl groups excluding tert-OH is 2. The van der Waals surface area contributed by atoms with E-state index < -0.39 is 11.9 Å². The highest BCUT2D eigenvalue weighted by Gasteiger charge is 2.26. The van der Waals surface area contributed by atoms with Gasteiger partial charge in [0.1, 0.15) is 0 Å². The van der Waals surface area contributed by atoms with E-state index in [2.05, 4.69) is 34.9 Å². The minimum atomic E-state index is -1.82. The van der Waals surface area contributed by atoms with Gasteiger partial charge in [0, 0.05) is 38.0 Å². The summed E-state index contributed by atoms with van der Waals surface area (Å²) in [4.78, 5) is 18.2. The van der Waals surface area contributed by atoms with Crippen molar-refractivity contribution in [1.29, 1.82) is 0 Å². The molecule has 0 spiro atoms. The molecule has 2 fully saturated rings. The fraction of sp³-hybridized carbons (Fsp3) is 0.364. The van der Waals surface area contributed by atoms with E-state index in [9.17, 15) is 10.2 Å². The van der Waals surface area contributed by atoms with Gasteiger partial charge in [0.25, 0.3) is 0 Å². The van der Waals surface area contributed by atoms with Crippen LogP contribution in [-0.4, -0.2) is 70.8 Å². The summed E-state index contributed by atoms with van der Waals surface area (Å²) in [6.45, 7) is 3.23. The molecule has 4 atom stereocenters. The average molecular weight is 416 g/mol. The number of carboxylic acid groups (broad SMARTS) is 2. The summed E-state index contributed by atoms with van der Waals surface area (Å²) in [6.07, 6.45) is -0.431. The van der Waals surface area contributed by atoms with E-state index in [4.69, 9.17) is 19.8 Å². The van der Waals surface area contributed by atoms with E-state index in [1.54, 1.807) is 0 Å². The number of hydrogen-bond donors (Lipinski definition) is 6. The van der Waals surface area contributed by atoms with Crippen molar-refractivity contribution in [1.82, 2.24) is 10.6 Å². The molecule has 8 nitrogen and oxygen atoms in total. The predicted octanol–water partition coefficient (Wildman–Crippen LogP) is 0.624. The van der Waals surface area contributed by atoms with E-state index in [-0.39, 0.29) is 24.0 Å². The molecular weight excluding hydrogens is 388 g/mol. The summed E-state index contributed by atoms with van der Waals surface area (Å²) >= 11 is 0. The number of hydrogen-bond acceptors (Lipinski definition) is 6. The highest BCUT2D eigenvalue weighted by Crippen LogP contribution is 2.22. The second kappa shape index (κ2) is 12.0. The zero-order chi connectivity index (χ0) is 21.9. The van der Waals surface area contributed by atoms with Crippen molar-refractivity contribution in [3.05, 3.63) is 71.8 Å². The van der Waals surface area contributed by atoms with Crippen LogP contribution in [0.25, 0.3) is 0 Å². The Bertz CT molecular complexity index is 719. The van der Waals surface area contributed by atoms with Crippen LogP contribution in [0.5, 0.6) is 0 Å². The third kappa shape index (κ3) is 7.23. The highest BCUT2D eigenvalue weighted by molar-refractivity contribution is 6.27. The van der Waals surface area contributed by atoms with Gasteiger partial charge in [-0.3, -0.25) is 0 Å². The van der Waals surface area contributed by atoms with Gasteiger partial charge in [0.15, 0.2) is 0 Å². The lowest BCUT2D eigenvalue weighted by Gasteiger charge is -2.12. The molecule has 2 aliphatic rings. The molecule has 30 heavy (non-hydrogen) atoms. The Kier molecular flexibility index (Phi) is 9.43. The van der Waals surface area contributed by atoms with Gasteiger partial charge in [-0.05, 0) is 11.1 Å². The molecule has 0 amide bonds. The molecule has 2 aliphatic heterocycles. The van der Waals surface area contributed by atoms with E-state index in [1.807, 2.05) is 36.4 Å². The standard InChI is InChI=1S/2C10H13NO.C2H2O4/c2*12-10-7-11-6-9(10)8-4-2-1-3-5-8;3-1(4)2(5)6/h2*1-5,9-12H,6-7H2;(H,3,4)(H,5,6)/t2*9-,10+;/m11./s1. The maximum Gasteiger partial charge on any atom is 0.414 e. The molecule has 0 radical (unpaired) electrons. The Hall–Kier alpha value is -2.78. The summed E-state index contributed by atoms with van der Waals surface area (Å²) in [6, 6.07) is 20.3. The third-order valence-corrected chi connectivity index (χ3v) is 5.00. The molecule has 2 heterocycles. The molecule has 0 bridgehead atoms. The summed E-state index contributed by atoms with van der Waals surface area (Å²) in [5, 5.41) is 40.3. The number of aliphatic hydroxyl groups is 2. The van der Waals surface area contributed by atoms with Crippen LogP contribution in [0, 0.1) is 0 Å². The van der Waals surface area contributed by atoms with Crippen molar-refractivity contribution in [3.8, 4) is 0 Å². The van der Waals surface area contributed by atoms with Crippen molar-refractivity contribution < 1.29 is 30.0 Å². The van der Waals surface area contributed by atoms with Crippen LogP contribution < -0.4 is 10.6 Å². The molecule has 6 N–H and O–H groups in total. The van der Waals surface area contributed by atoms with Crippen molar-refractivity contribution in [2.24, 2.45) is 0 Å². The molecule has 8 heteroatoms. The maximum atomic E-state index is 9.58. The molecular formula is C22H28N2O6. The topological polar surface area (TPSA) is 139 Å². The van der Waals surface area contributed by atoms with Gasteiger partial charge in [-0.15, -0.1) is 0 Å². The van der Waals surface area contributed by atoms with Crippen molar-refractivity contribution in [2.75, 3.05) is 26.2 Å². The number of carbonyl (C=O) groups is 2. The molecule has 2 aromatic carbocycles. The second-order valence-electron chi connectivity index (χ2n) is 7.10. The maximum absolute atomic E-state index is 9.58. The number of benzene rings is 2. The van der Waals surface area contributed by atoms with Crippen LogP contribution in [0.3, 0.4) is 0 Å². The summed E-state index contributed by atoms with van der Waals surface area (Å²) in [7, 11) is 0. The fourth-order valence-electron chi connectivity index (χ4n) is 3.41. The van der Waals surface area contributed by atoms with Crippen LogP contribution >= 0.6 is 0 Å². The Morgan fingerprint density at radius 1 is 0.633 bits per heavy atom. The summed E-state index contributed by atoms with van der Waals surface area (Å²) in [5.41, 5.74) is 2.46. The highest BCUT2D eigenvalue weighted by atomic mass is 16.4. The lowest BCUT2D eigenvalue weighted by Crippen LogP contribution is -2.15. The van der Waals surface area contributed by atoms with Gasteiger partial charge in [0.05, 0.1) is 12.2 Å². The first-order valence-corrected chi connectivity index (χ1v) is 9.73. The molecule has 0 unspecified atom stereocenters. The van der Waals surface area contributed by atoms with Gasteiger partial charge in [-0.25, -0.2) is 9.59 Å². The quantitative estimate of drug-likeness (QED) is 0.392. The van der Waals surface area contributed by atoms with Gasteiger partial charge >= 0.3 is 11.9 Å². The third-order valence-electron chi connectivity index (χ3n) is 5.00. The number of rotatable bonds is 2. The molecule has 4 rings (SSSR count). The van der Waals surface area contributed by atoms with Crippen molar-refractivity contribution in [2.45, 2.75) is 24.0 Å². The average Bonchev–Trinajstić information content (AvgIpc) is 3.38. The minimum absolute atomic E-state index is 0.215.